The van der Waals surface area contributed by atoms with Crippen LogP contribution in [0, 0.1) is 5.92 Å². The summed E-state index contributed by atoms with van der Waals surface area (Å²) in [6.45, 7) is 1.99. The van der Waals surface area contributed by atoms with Gasteiger partial charge in [0, 0.05) is 48.9 Å². The van der Waals surface area contributed by atoms with Gasteiger partial charge in [0.25, 0.3) is 5.91 Å². The quantitative estimate of drug-likeness (QED) is 0.688. The van der Waals surface area contributed by atoms with Crippen molar-refractivity contribution < 1.29 is 9.53 Å². The number of rotatable bonds is 5. The number of likely N-dealkylation sites (tertiary alicyclic amines) is 1. The Hall–Kier alpha value is -3.03. The molecule has 1 saturated heterocycles. The zero-order valence-electron chi connectivity index (χ0n) is 14.9. The van der Waals surface area contributed by atoms with Crippen molar-refractivity contribution in [3.05, 3.63) is 48.0 Å². The van der Waals surface area contributed by atoms with Gasteiger partial charge in [0.2, 0.25) is 5.88 Å². The maximum Gasteiger partial charge on any atom is 0.253 e. The Bertz CT molecular complexity index is 969. The van der Waals surface area contributed by atoms with E-state index < -0.39 is 0 Å². The zero-order valence-corrected chi connectivity index (χ0v) is 14.9. The number of hydrogen-bond acceptors (Lipinski definition) is 6. The fourth-order valence-electron chi connectivity index (χ4n) is 3.50. The highest BCUT2D eigenvalue weighted by molar-refractivity contribution is 5.94. The van der Waals surface area contributed by atoms with Crippen molar-refractivity contribution in [1.29, 1.82) is 0 Å². The summed E-state index contributed by atoms with van der Waals surface area (Å²) in [5, 5.41) is 12.9. The Morgan fingerprint density at radius 3 is 2.78 bits per heavy atom. The minimum atomic E-state index is 0.0537. The molecule has 3 aromatic heterocycles. The molecule has 0 bridgehead atoms. The maximum absolute atomic E-state index is 12.5. The highest BCUT2D eigenvalue weighted by atomic mass is 16.5. The average Bonchev–Trinajstić information content (AvgIpc) is 3.29. The van der Waals surface area contributed by atoms with Crippen LogP contribution < -0.4 is 4.74 Å². The molecule has 27 heavy (non-hydrogen) atoms. The predicted molar refractivity (Wildman–Crippen MR) is 96.5 cm³/mol. The molecule has 0 spiro atoms. The smallest absolute Gasteiger partial charge is 0.253 e. The Kier molecular flexibility index (Phi) is 3.95. The van der Waals surface area contributed by atoms with Gasteiger partial charge in [0.15, 0.2) is 11.5 Å². The van der Waals surface area contributed by atoms with Crippen molar-refractivity contribution >= 4 is 11.6 Å². The molecule has 1 atom stereocenters. The normalized spacial score (nSPS) is 19.6. The average molecular weight is 364 g/mol. The monoisotopic (exact) mass is 364 g/mol. The van der Waals surface area contributed by atoms with Crippen LogP contribution in [0.5, 0.6) is 5.88 Å². The summed E-state index contributed by atoms with van der Waals surface area (Å²) in [5.41, 5.74) is 1.43. The Balaban J connectivity index is 1.21. The summed E-state index contributed by atoms with van der Waals surface area (Å²) in [5.74, 6) is 2.33. The van der Waals surface area contributed by atoms with E-state index in [4.69, 9.17) is 4.74 Å². The van der Waals surface area contributed by atoms with E-state index in [-0.39, 0.29) is 5.91 Å². The molecule has 8 nitrogen and oxygen atoms in total. The first-order chi connectivity index (χ1) is 13.3. The van der Waals surface area contributed by atoms with Crippen LogP contribution in [0.25, 0.3) is 5.65 Å². The largest absolute Gasteiger partial charge is 0.476 e. The van der Waals surface area contributed by atoms with Crippen LogP contribution in [0.3, 0.4) is 0 Å². The maximum atomic E-state index is 12.5. The summed E-state index contributed by atoms with van der Waals surface area (Å²) in [6.07, 6.45) is 6.52. The van der Waals surface area contributed by atoms with Crippen molar-refractivity contribution in [2.24, 2.45) is 5.92 Å². The van der Waals surface area contributed by atoms with Gasteiger partial charge in [-0.15, -0.1) is 15.3 Å². The number of amides is 1. The lowest BCUT2D eigenvalue weighted by molar-refractivity contribution is 0.0782. The molecule has 0 N–H and O–H groups in total. The number of hydrogen-bond donors (Lipinski definition) is 0. The summed E-state index contributed by atoms with van der Waals surface area (Å²) in [7, 11) is 0. The van der Waals surface area contributed by atoms with E-state index in [9.17, 15) is 4.79 Å². The summed E-state index contributed by atoms with van der Waals surface area (Å²) in [4.78, 5) is 18.4. The van der Waals surface area contributed by atoms with E-state index in [0.29, 0.717) is 36.4 Å². The summed E-state index contributed by atoms with van der Waals surface area (Å²) >= 11 is 0. The molecular formula is C19H20N6O2. The highest BCUT2D eigenvalue weighted by Gasteiger charge is 2.30. The molecule has 1 saturated carbocycles. The van der Waals surface area contributed by atoms with Gasteiger partial charge in [-0.3, -0.25) is 9.78 Å². The minimum Gasteiger partial charge on any atom is -0.476 e. The van der Waals surface area contributed by atoms with Crippen molar-refractivity contribution in [3.63, 3.8) is 0 Å². The van der Waals surface area contributed by atoms with Crippen LogP contribution in [0.2, 0.25) is 0 Å². The molecule has 0 radical (unpaired) electrons. The molecule has 5 rings (SSSR count). The third kappa shape index (κ3) is 3.22. The third-order valence-corrected chi connectivity index (χ3v) is 5.17. The minimum absolute atomic E-state index is 0.0537. The van der Waals surface area contributed by atoms with Gasteiger partial charge < -0.3 is 9.64 Å². The number of carbonyl (C=O) groups excluding carboxylic acids is 1. The number of pyridine rings is 1. The second kappa shape index (κ2) is 6.61. The van der Waals surface area contributed by atoms with Gasteiger partial charge in [-0.1, -0.05) is 0 Å². The van der Waals surface area contributed by atoms with Crippen molar-refractivity contribution in [1.82, 2.24) is 29.7 Å². The fraction of sp³-hybridized carbons (Fsp3) is 0.421. The van der Waals surface area contributed by atoms with Gasteiger partial charge in [0.1, 0.15) is 0 Å². The van der Waals surface area contributed by atoms with E-state index in [2.05, 4.69) is 20.3 Å². The lowest BCUT2D eigenvalue weighted by Gasteiger charge is -2.16. The SMILES string of the molecule is O=C(c1ccncc1)N1CCC(COc2ccc3nnc(C4CC4)n3n2)C1. The van der Waals surface area contributed by atoms with Crippen molar-refractivity contribution in [2.75, 3.05) is 19.7 Å². The lowest BCUT2D eigenvalue weighted by Crippen LogP contribution is -2.29. The summed E-state index contributed by atoms with van der Waals surface area (Å²) in [6, 6.07) is 7.22. The van der Waals surface area contributed by atoms with Crippen molar-refractivity contribution in [2.45, 2.75) is 25.2 Å². The van der Waals surface area contributed by atoms with E-state index in [0.717, 1.165) is 37.3 Å². The zero-order chi connectivity index (χ0) is 18.2. The Morgan fingerprint density at radius 2 is 1.96 bits per heavy atom. The predicted octanol–water partition coefficient (Wildman–Crippen LogP) is 1.94. The standard InChI is InChI=1S/C19H20N6O2/c26-19(15-5-8-20-9-6-15)24-10-7-13(11-24)12-27-17-4-3-16-21-22-18(14-1-2-14)25(16)23-17/h3-6,8-9,13-14H,1-2,7,10-12H2. The Labute approximate surface area is 156 Å². The number of ether oxygens (including phenoxy) is 1. The molecule has 3 aromatic rings. The molecule has 2 aliphatic rings. The molecule has 4 heterocycles. The topological polar surface area (TPSA) is 85.5 Å². The second-order valence-corrected chi connectivity index (χ2v) is 7.23. The molecule has 138 valence electrons. The van der Waals surface area contributed by atoms with E-state index in [1.165, 1.54) is 0 Å². The van der Waals surface area contributed by atoms with Crippen molar-refractivity contribution in [3.8, 4) is 5.88 Å². The molecule has 8 heteroatoms. The van der Waals surface area contributed by atoms with E-state index >= 15 is 0 Å². The Morgan fingerprint density at radius 1 is 1.11 bits per heavy atom. The highest BCUT2D eigenvalue weighted by Crippen LogP contribution is 2.38. The van der Waals surface area contributed by atoms with E-state index in [1.807, 2.05) is 17.0 Å². The van der Waals surface area contributed by atoms with Crippen LogP contribution in [0.4, 0.5) is 0 Å². The second-order valence-electron chi connectivity index (χ2n) is 7.23. The molecule has 1 unspecified atom stereocenters. The van der Waals surface area contributed by atoms with Crippen LogP contribution >= 0.6 is 0 Å². The lowest BCUT2D eigenvalue weighted by atomic mass is 10.1. The van der Waals surface area contributed by atoms with Gasteiger partial charge in [-0.2, -0.15) is 4.52 Å². The van der Waals surface area contributed by atoms with Crippen LogP contribution in [0.1, 0.15) is 41.4 Å². The van der Waals surface area contributed by atoms with Gasteiger partial charge in [0.05, 0.1) is 6.61 Å². The summed E-state index contributed by atoms with van der Waals surface area (Å²) < 4.78 is 7.71. The van der Waals surface area contributed by atoms with Gasteiger partial charge in [-0.05, 0) is 37.5 Å². The first-order valence-electron chi connectivity index (χ1n) is 9.32. The first-order valence-corrected chi connectivity index (χ1v) is 9.32. The number of nitrogens with zero attached hydrogens (tertiary/aromatic N) is 6. The van der Waals surface area contributed by atoms with Gasteiger partial charge >= 0.3 is 0 Å². The number of aromatic nitrogens is 5. The molecule has 1 amide bonds. The molecule has 1 aliphatic carbocycles. The van der Waals surface area contributed by atoms with E-state index in [1.54, 1.807) is 29.0 Å². The fourth-order valence-corrected chi connectivity index (χ4v) is 3.50. The van der Waals surface area contributed by atoms with Crippen LogP contribution in [0.15, 0.2) is 36.7 Å². The number of carbonyl (C=O) groups is 1. The molecule has 0 aromatic carbocycles. The van der Waals surface area contributed by atoms with Gasteiger partial charge in [-0.25, -0.2) is 0 Å². The van der Waals surface area contributed by atoms with Crippen LogP contribution in [-0.2, 0) is 0 Å². The molecular weight excluding hydrogens is 344 g/mol. The third-order valence-electron chi connectivity index (χ3n) is 5.17. The van der Waals surface area contributed by atoms with Crippen LogP contribution in [-0.4, -0.2) is 55.3 Å². The molecule has 1 aliphatic heterocycles. The number of fused-ring (bicyclic) bond motifs is 1. The molecule has 2 fully saturated rings. The first kappa shape index (κ1) is 16.2.